The maximum absolute atomic E-state index is 12.4. The Morgan fingerprint density at radius 2 is 1.82 bits per heavy atom. The molecule has 12 heteroatoms. The van der Waals surface area contributed by atoms with E-state index < -0.39 is 6.36 Å². The number of thioether (sulfide) groups is 1. The van der Waals surface area contributed by atoms with Crippen LogP contribution < -0.4 is 9.64 Å². The van der Waals surface area contributed by atoms with Gasteiger partial charge in [-0.25, -0.2) is 9.67 Å². The van der Waals surface area contributed by atoms with Gasteiger partial charge in [-0.2, -0.15) is 5.10 Å². The molecule has 5 rings (SSSR count). The molecule has 2 heterocycles. The summed E-state index contributed by atoms with van der Waals surface area (Å²) in [5, 5.41) is 14.8. The van der Waals surface area contributed by atoms with Gasteiger partial charge in [0.2, 0.25) is 0 Å². The fraction of sp³-hybridized carbons (Fsp3) is 0.214. The molecule has 7 nitrogen and oxygen atoms in total. The Balaban J connectivity index is 1.28. The lowest BCUT2D eigenvalue weighted by atomic mass is 10.1. The maximum atomic E-state index is 12.4. The fourth-order valence-electron chi connectivity index (χ4n) is 4.21. The van der Waals surface area contributed by atoms with Crippen molar-refractivity contribution in [2.75, 3.05) is 10.7 Å². The van der Waals surface area contributed by atoms with Crippen LogP contribution in [0, 0.1) is 6.92 Å². The molecule has 0 radical (unpaired) electrons. The van der Waals surface area contributed by atoms with E-state index in [1.165, 1.54) is 35.3 Å². The summed E-state index contributed by atoms with van der Waals surface area (Å²) in [6, 6.07) is 19.0. The molecule has 206 valence electrons. The van der Waals surface area contributed by atoms with Gasteiger partial charge in [-0.05, 0) is 61.7 Å². The zero-order valence-electron chi connectivity index (χ0n) is 21.5. The number of anilines is 1. The highest BCUT2D eigenvalue weighted by Gasteiger charge is 2.31. The minimum Gasteiger partial charge on any atom is -0.406 e. The zero-order valence-corrected chi connectivity index (χ0v) is 23.1. The molecular weight excluding hydrogens is 561 g/mol. The molecule has 1 aromatic heterocycles. The third-order valence-electron chi connectivity index (χ3n) is 6.19. The van der Waals surface area contributed by atoms with Crippen molar-refractivity contribution in [3.8, 4) is 22.8 Å². The van der Waals surface area contributed by atoms with E-state index in [-0.39, 0.29) is 11.8 Å². The van der Waals surface area contributed by atoms with Crippen LogP contribution in [0.25, 0.3) is 17.1 Å². The Bertz CT molecular complexity index is 1520. The van der Waals surface area contributed by atoms with Crippen molar-refractivity contribution < 1.29 is 17.9 Å². The number of ether oxygens (including phenoxy) is 1. The van der Waals surface area contributed by atoms with Gasteiger partial charge in [0.1, 0.15) is 12.1 Å². The van der Waals surface area contributed by atoms with Crippen LogP contribution >= 0.6 is 23.4 Å². The molecular formula is C28H24ClF3N6OS. The van der Waals surface area contributed by atoms with E-state index in [0.29, 0.717) is 16.5 Å². The average Bonchev–Trinajstić information content (AvgIpc) is 3.40. The SMILES string of the molecule is Cc1cccc(Cl)c1N1/C(=N/N=C/c2ccc(-c3ncn(-c4ccc(OC(F)(F)F)cc4)n3)cc2)SCCC1C. The Morgan fingerprint density at radius 3 is 2.52 bits per heavy atom. The molecule has 1 saturated heterocycles. The van der Waals surface area contributed by atoms with Crippen molar-refractivity contribution in [2.45, 2.75) is 32.7 Å². The van der Waals surface area contributed by atoms with Crippen LogP contribution in [0.5, 0.6) is 5.75 Å². The van der Waals surface area contributed by atoms with Crippen LogP contribution in [-0.4, -0.2) is 44.3 Å². The molecule has 1 atom stereocenters. The van der Waals surface area contributed by atoms with Crippen molar-refractivity contribution >= 4 is 40.4 Å². The summed E-state index contributed by atoms with van der Waals surface area (Å²) in [6.45, 7) is 4.20. The number of halogens is 4. The van der Waals surface area contributed by atoms with Crippen LogP contribution in [0.1, 0.15) is 24.5 Å². The third kappa shape index (κ3) is 6.48. The van der Waals surface area contributed by atoms with Crippen molar-refractivity contribution in [1.82, 2.24) is 14.8 Å². The number of aromatic nitrogens is 3. The first kappa shape index (κ1) is 27.7. The average molecular weight is 585 g/mol. The largest absolute Gasteiger partial charge is 0.573 e. The summed E-state index contributed by atoms with van der Waals surface area (Å²) in [5.74, 6) is 1.12. The van der Waals surface area contributed by atoms with Gasteiger partial charge in [-0.1, -0.05) is 59.8 Å². The molecule has 3 aromatic carbocycles. The number of para-hydroxylation sites is 1. The third-order valence-corrected chi connectivity index (χ3v) is 7.47. The molecule has 1 aliphatic rings. The van der Waals surface area contributed by atoms with Crippen molar-refractivity contribution in [1.29, 1.82) is 0 Å². The Labute approximate surface area is 238 Å². The lowest BCUT2D eigenvalue weighted by Crippen LogP contribution is -2.41. The number of amidine groups is 1. The highest BCUT2D eigenvalue weighted by atomic mass is 35.5. The molecule has 1 aliphatic heterocycles. The van der Waals surface area contributed by atoms with E-state index >= 15 is 0 Å². The molecule has 0 spiro atoms. The topological polar surface area (TPSA) is 67.9 Å². The second-order valence-corrected chi connectivity index (χ2v) is 10.5. The highest BCUT2D eigenvalue weighted by molar-refractivity contribution is 8.14. The molecule has 1 unspecified atom stereocenters. The summed E-state index contributed by atoms with van der Waals surface area (Å²) < 4.78 is 42.5. The molecule has 0 amide bonds. The lowest BCUT2D eigenvalue weighted by Gasteiger charge is -2.36. The number of aryl methyl sites for hydroxylation is 1. The van der Waals surface area contributed by atoms with Gasteiger partial charge < -0.3 is 9.64 Å². The number of benzene rings is 3. The van der Waals surface area contributed by atoms with Crippen LogP contribution in [0.2, 0.25) is 5.02 Å². The summed E-state index contributed by atoms with van der Waals surface area (Å²) >= 11 is 8.21. The molecule has 40 heavy (non-hydrogen) atoms. The molecule has 1 fully saturated rings. The summed E-state index contributed by atoms with van der Waals surface area (Å²) in [4.78, 5) is 6.48. The summed E-state index contributed by atoms with van der Waals surface area (Å²) in [5.41, 5.74) is 4.21. The van der Waals surface area contributed by atoms with Gasteiger partial charge in [0.25, 0.3) is 0 Å². The zero-order chi connectivity index (χ0) is 28.3. The van der Waals surface area contributed by atoms with Gasteiger partial charge in [0.15, 0.2) is 11.0 Å². The number of nitrogens with zero attached hydrogens (tertiary/aromatic N) is 6. The summed E-state index contributed by atoms with van der Waals surface area (Å²) in [6.07, 6.45) is -0.545. The quantitative estimate of drug-likeness (QED) is 0.173. The molecule has 0 aliphatic carbocycles. The molecule has 0 N–H and O–H groups in total. The normalized spacial score (nSPS) is 17.1. The van der Waals surface area contributed by atoms with Gasteiger partial charge in [-0.3, -0.25) is 0 Å². The maximum Gasteiger partial charge on any atom is 0.573 e. The highest BCUT2D eigenvalue weighted by Crippen LogP contribution is 2.36. The standard InChI is InChI=1S/C28H24ClF3N6OS/c1-18-4-3-5-24(29)25(18)38-19(2)14-15-40-27(38)35-34-16-20-6-8-21(9-7-20)26-33-17-37(36-26)22-10-12-23(13-11-22)39-28(30,31)32/h3-13,16-17,19H,14-15H2,1-2H3/b34-16+,35-27-. The van der Waals surface area contributed by atoms with Crippen LogP contribution in [0.3, 0.4) is 0 Å². The smallest absolute Gasteiger partial charge is 0.406 e. The number of rotatable bonds is 6. The molecule has 0 bridgehead atoms. The second kappa shape index (κ2) is 11.7. The minimum atomic E-state index is -4.74. The van der Waals surface area contributed by atoms with E-state index in [4.69, 9.17) is 11.6 Å². The fourth-order valence-corrected chi connectivity index (χ4v) is 5.68. The van der Waals surface area contributed by atoms with Gasteiger partial charge in [-0.15, -0.1) is 23.4 Å². The van der Waals surface area contributed by atoms with Crippen LogP contribution in [0.4, 0.5) is 18.9 Å². The van der Waals surface area contributed by atoms with Crippen molar-refractivity contribution in [3.05, 3.63) is 89.2 Å². The van der Waals surface area contributed by atoms with Crippen LogP contribution in [-0.2, 0) is 0 Å². The Hall–Kier alpha value is -3.83. The lowest BCUT2D eigenvalue weighted by molar-refractivity contribution is -0.274. The van der Waals surface area contributed by atoms with E-state index in [9.17, 15) is 13.2 Å². The van der Waals surface area contributed by atoms with Gasteiger partial charge >= 0.3 is 6.36 Å². The van der Waals surface area contributed by atoms with Crippen LogP contribution in [0.15, 0.2) is 83.3 Å². The predicted molar refractivity (Wildman–Crippen MR) is 154 cm³/mol. The monoisotopic (exact) mass is 584 g/mol. The van der Waals surface area contributed by atoms with Crippen molar-refractivity contribution in [3.63, 3.8) is 0 Å². The molecule has 0 saturated carbocycles. The van der Waals surface area contributed by atoms with E-state index in [2.05, 4.69) is 36.8 Å². The first-order valence-electron chi connectivity index (χ1n) is 12.3. The number of alkyl halides is 3. The van der Waals surface area contributed by atoms with Gasteiger partial charge in [0, 0.05) is 17.4 Å². The number of hydrogen-bond acceptors (Lipinski definition) is 6. The number of hydrogen-bond donors (Lipinski definition) is 0. The first-order valence-corrected chi connectivity index (χ1v) is 13.7. The second-order valence-electron chi connectivity index (χ2n) is 9.07. The summed E-state index contributed by atoms with van der Waals surface area (Å²) in [7, 11) is 0. The van der Waals surface area contributed by atoms with E-state index in [1.54, 1.807) is 18.0 Å². The Morgan fingerprint density at radius 1 is 1.07 bits per heavy atom. The minimum absolute atomic E-state index is 0.242. The van der Waals surface area contributed by atoms with E-state index in [1.807, 2.05) is 49.4 Å². The molecule has 4 aromatic rings. The van der Waals surface area contributed by atoms with Gasteiger partial charge in [0.05, 0.1) is 22.6 Å². The Kier molecular flexibility index (Phi) is 8.13. The first-order chi connectivity index (χ1) is 19.2. The van der Waals surface area contributed by atoms with Crippen molar-refractivity contribution in [2.24, 2.45) is 10.2 Å². The predicted octanol–water partition coefficient (Wildman–Crippen LogP) is 7.52. The van der Waals surface area contributed by atoms with E-state index in [0.717, 1.165) is 39.7 Å².